The van der Waals surface area contributed by atoms with Gasteiger partial charge in [-0.1, -0.05) is 0 Å². The zero-order valence-electron chi connectivity index (χ0n) is 8.13. The van der Waals surface area contributed by atoms with Gasteiger partial charge in [-0.05, 0) is 5.18 Å². The van der Waals surface area contributed by atoms with Crippen molar-refractivity contribution in [3.63, 3.8) is 0 Å². The van der Waals surface area contributed by atoms with E-state index in [0.29, 0.717) is 5.31 Å². The van der Waals surface area contributed by atoms with Gasteiger partial charge in [-0.25, -0.2) is 0 Å². The van der Waals surface area contributed by atoms with Crippen LogP contribution in [-0.2, 0) is 4.74 Å². The summed E-state index contributed by atoms with van der Waals surface area (Å²) in [5.74, 6) is 0. The van der Waals surface area contributed by atoms with E-state index in [2.05, 4.69) is 9.91 Å². The second-order valence-electron chi connectivity index (χ2n) is 1.24. The lowest BCUT2D eigenvalue weighted by atomic mass is 10.5. The lowest BCUT2D eigenvalue weighted by Gasteiger charge is -2.16. The van der Waals surface area contributed by atoms with Crippen LogP contribution in [0.4, 0.5) is 0 Å². The molecule has 0 aromatic heterocycles. The van der Waals surface area contributed by atoms with Crippen LogP contribution in [0.3, 0.4) is 0 Å². The van der Waals surface area contributed by atoms with Crippen molar-refractivity contribution in [2.75, 3.05) is 19.6 Å². The molecule has 0 radical (unpaired) electrons. The lowest BCUT2D eigenvalue weighted by Crippen LogP contribution is -2.37. The summed E-state index contributed by atoms with van der Waals surface area (Å²) in [5, 5.41) is 2.73. The maximum Gasteiger partial charge on any atom is 0.202 e. The van der Waals surface area contributed by atoms with Gasteiger partial charge in [-0.15, -0.1) is 4.91 Å². The van der Waals surface area contributed by atoms with E-state index in [1.807, 2.05) is 0 Å². The quantitative estimate of drug-likeness (QED) is 0.483. The highest BCUT2D eigenvalue weighted by molar-refractivity contribution is 4.62. The summed E-state index contributed by atoms with van der Waals surface area (Å²) in [4.78, 5) is 10.1. The summed E-state index contributed by atoms with van der Waals surface area (Å²) in [6.07, 6.45) is -2.52. The summed E-state index contributed by atoms with van der Waals surface area (Å²) in [7, 11) is 0. The summed E-state index contributed by atoms with van der Waals surface area (Å²) in [6, 6.07) is 0. The van der Waals surface area contributed by atoms with Crippen LogP contribution >= 0.6 is 0 Å². The molecule has 1 atom stereocenters. The number of morpholine rings is 1. The predicted molar refractivity (Wildman–Crippen MR) is 28.4 cm³/mol. The van der Waals surface area contributed by atoms with Gasteiger partial charge in [0.05, 0.1) is 7.98 Å². The highest BCUT2D eigenvalue weighted by atomic mass is 16.5. The number of rotatable bonds is 1. The van der Waals surface area contributed by atoms with Crippen LogP contribution in [0, 0.1) is 4.91 Å². The van der Waals surface area contributed by atoms with Crippen molar-refractivity contribution in [3.8, 4) is 0 Å². The number of nitroso groups, excluding NO2 is 1. The molecule has 0 aromatic rings. The number of hydrogen-bond acceptors (Lipinski definition) is 4. The Kier molecular flexibility index (Phi) is 0.824. The van der Waals surface area contributed by atoms with E-state index in [1.54, 1.807) is 0 Å². The fraction of sp³-hybridized carbons (Fsp3) is 1.00. The van der Waals surface area contributed by atoms with Gasteiger partial charge in [0.25, 0.3) is 0 Å². The summed E-state index contributed by atoms with van der Waals surface area (Å²) in [6.45, 7) is -2.52. The molecule has 1 saturated heterocycles. The predicted octanol–water partition coefficient (Wildman–Crippen LogP) is -0.301. The molecule has 4 heteroatoms. The van der Waals surface area contributed by atoms with Gasteiger partial charge < -0.3 is 10.0 Å². The van der Waals surface area contributed by atoms with Crippen LogP contribution in [0.5, 0.6) is 0 Å². The maximum atomic E-state index is 10.1. The van der Waals surface area contributed by atoms with Gasteiger partial charge in [0, 0.05) is 15.8 Å². The fourth-order valence-corrected chi connectivity index (χ4v) is 0.391. The monoisotopic (exact) mass is 120 g/mol. The first kappa shape index (κ1) is 2.41. The summed E-state index contributed by atoms with van der Waals surface area (Å²) < 4.78 is 33.2. The van der Waals surface area contributed by atoms with E-state index in [-0.39, 0.29) is 13.2 Å². The average molecular weight is 120 g/mol. The first-order chi connectivity index (χ1) is 5.44. The Morgan fingerprint density at radius 3 is 3.75 bits per heavy atom. The first-order valence-corrected chi connectivity index (χ1v) is 2.19. The van der Waals surface area contributed by atoms with Crippen LogP contribution in [0.1, 0.15) is 4.11 Å². The molecule has 1 aliphatic heterocycles. The van der Waals surface area contributed by atoms with Gasteiger partial charge in [-0.2, -0.15) is 0 Å². The molecule has 0 amide bonds. The molecule has 1 N–H and O–H groups in total. The lowest BCUT2D eigenvalue weighted by molar-refractivity contribution is 0.0337. The van der Waals surface area contributed by atoms with Gasteiger partial charge in [0.1, 0.15) is 1.41 Å². The molecule has 0 aliphatic carbocycles. The van der Waals surface area contributed by atoms with Crippen LogP contribution in [0.25, 0.3) is 0 Å². The van der Waals surface area contributed by atoms with E-state index < -0.39 is 12.7 Å². The Morgan fingerprint density at radius 1 is 2.25 bits per heavy atom. The van der Waals surface area contributed by atoms with E-state index >= 15 is 0 Å². The summed E-state index contributed by atoms with van der Waals surface area (Å²) >= 11 is 0. The second-order valence-corrected chi connectivity index (χ2v) is 1.24. The average Bonchev–Trinajstić information content (AvgIpc) is 2.01. The first-order valence-electron chi connectivity index (χ1n) is 4.14. The third-order valence-corrected chi connectivity index (χ3v) is 0.699. The molecule has 0 bridgehead atoms. The molecular formula is C4H8N2O2. The highest BCUT2D eigenvalue weighted by Gasteiger charge is 2.11. The van der Waals surface area contributed by atoms with Crippen molar-refractivity contribution >= 4 is 0 Å². The molecule has 0 aromatic carbocycles. The SMILES string of the molecule is [2H]N1CCOC([2H])(N=O)C1([2H])[2H]. The topological polar surface area (TPSA) is 50.7 Å². The number of nitrogens with zero attached hydrogens (tertiary/aromatic N) is 1. The molecule has 0 spiro atoms. The third kappa shape index (κ3) is 1.24. The minimum atomic E-state index is -2.52. The highest BCUT2D eigenvalue weighted by Crippen LogP contribution is 1.94. The Morgan fingerprint density at radius 2 is 3.12 bits per heavy atom. The van der Waals surface area contributed by atoms with Crippen LogP contribution in [0.2, 0.25) is 1.41 Å². The van der Waals surface area contributed by atoms with Crippen molar-refractivity contribution in [2.24, 2.45) is 5.18 Å². The molecule has 8 heavy (non-hydrogen) atoms. The molecular weight excluding hydrogens is 108 g/mol. The van der Waals surface area contributed by atoms with E-state index in [1.165, 1.54) is 0 Å². The minimum Gasteiger partial charge on any atom is -0.350 e. The third-order valence-electron chi connectivity index (χ3n) is 0.699. The van der Waals surface area contributed by atoms with Crippen molar-refractivity contribution in [2.45, 2.75) is 6.20 Å². The molecule has 4 nitrogen and oxygen atoms in total. The van der Waals surface area contributed by atoms with Crippen LogP contribution in [-0.4, -0.2) is 25.9 Å². The molecule has 1 fully saturated rings. The van der Waals surface area contributed by atoms with Gasteiger partial charge in [0.2, 0.25) is 6.20 Å². The zero-order chi connectivity index (χ0) is 9.41. The Labute approximate surface area is 52.9 Å². The largest absolute Gasteiger partial charge is 0.350 e. The molecule has 1 aliphatic rings. The van der Waals surface area contributed by atoms with Crippen molar-refractivity contribution in [3.05, 3.63) is 4.91 Å². The van der Waals surface area contributed by atoms with Crippen molar-refractivity contribution in [1.82, 2.24) is 5.31 Å². The Balaban J connectivity index is 2.93. The molecule has 0 saturated carbocycles. The van der Waals surface area contributed by atoms with Gasteiger partial charge >= 0.3 is 0 Å². The molecule has 1 heterocycles. The number of nitrogens with one attached hydrogen (secondary N) is 1. The summed E-state index contributed by atoms with van der Waals surface area (Å²) in [5.41, 5.74) is 0. The normalized spacial score (nSPS) is 55.0. The Bertz CT molecular complexity index is 201. The van der Waals surface area contributed by atoms with Crippen molar-refractivity contribution in [1.29, 1.82) is 0 Å². The van der Waals surface area contributed by atoms with E-state index in [4.69, 9.17) is 5.52 Å². The smallest absolute Gasteiger partial charge is 0.202 e. The molecule has 1 rings (SSSR count). The molecule has 46 valence electrons. The number of ether oxygens (including phenoxy) is 1. The van der Waals surface area contributed by atoms with Gasteiger partial charge in [0.15, 0.2) is 0 Å². The van der Waals surface area contributed by atoms with Crippen LogP contribution in [0.15, 0.2) is 5.18 Å². The molecule has 1 unspecified atom stereocenters. The van der Waals surface area contributed by atoms with Gasteiger partial charge in [-0.3, -0.25) is 0 Å². The standard InChI is InChI=1S/C4H8N2O2/c7-6-4-3-5-1-2-8-4/h4-5H,1-3H2/i3D2,4D/hD. The minimum absolute atomic E-state index is 0.0170. The zero-order valence-corrected chi connectivity index (χ0v) is 4.13. The van der Waals surface area contributed by atoms with Crippen LogP contribution < -0.4 is 5.31 Å². The Hall–Kier alpha value is -0.480. The van der Waals surface area contributed by atoms with E-state index in [9.17, 15) is 4.91 Å². The maximum absolute atomic E-state index is 10.1. The number of hydrogen-bond donors (Lipinski definition) is 1. The van der Waals surface area contributed by atoms with Crippen molar-refractivity contribution < 1.29 is 10.3 Å². The second kappa shape index (κ2) is 2.74. The van der Waals surface area contributed by atoms with E-state index in [0.717, 1.165) is 0 Å². The fourth-order valence-electron chi connectivity index (χ4n) is 0.391.